The van der Waals surface area contributed by atoms with Crippen LogP contribution in [0.2, 0.25) is 0 Å². The molecular formula is C11H24N2O. The standard InChI is InChI=1S/C11H24N2O/c1-8(2)13-7-9-3-5-10(6-4-9)11(12)14/h8-11,13-14H,3-7,12H2,1-2H3. The van der Waals surface area contributed by atoms with Crippen LogP contribution in [0.15, 0.2) is 0 Å². The average molecular weight is 200 g/mol. The zero-order valence-corrected chi connectivity index (χ0v) is 9.37. The van der Waals surface area contributed by atoms with Crippen molar-refractivity contribution >= 4 is 0 Å². The molecule has 14 heavy (non-hydrogen) atoms. The van der Waals surface area contributed by atoms with E-state index in [0.29, 0.717) is 12.0 Å². The van der Waals surface area contributed by atoms with Gasteiger partial charge in [-0.3, -0.25) is 0 Å². The first-order valence-corrected chi connectivity index (χ1v) is 5.76. The molecule has 1 aliphatic rings. The van der Waals surface area contributed by atoms with E-state index in [4.69, 9.17) is 5.73 Å². The molecule has 0 aliphatic heterocycles. The summed E-state index contributed by atoms with van der Waals surface area (Å²) in [5, 5.41) is 12.7. The van der Waals surface area contributed by atoms with E-state index in [-0.39, 0.29) is 0 Å². The smallest absolute Gasteiger partial charge is 0.105 e. The van der Waals surface area contributed by atoms with Gasteiger partial charge in [-0.25, -0.2) is 0 Å². The van der Waals surface area contributed by atoms with Crippen LogP contribution in [0.3, 0.4) is 0 Å². The maximum atomic E-state index is 9.24. The summed E-state index contributed by atoms with van der Waals surface area (Å²) in [5.41, 5.74) is 5.47. The van der Waals surface area contributed by atoms with Gasteiger partial charge >= 0.3 is 0 Å². The van der Waals surface area contributed by atoms with Crippen LogP contribution in [-0.2, 0) is 0 Å². The monoisotopic (exact) mass is 200 g/mol. The lowest BCUT2D eigenvalue weighted by Crippen LogP contribution is -2.36. The maximum absolute atomic E-state index is 9.24. The fourth-order valence-electron chi connectivity index (χ4n) is 2.14. The molecule has 1 rings (SSSR count). The van der Waals surface area contributed by atoms with Crippen LogP contribution in [0.1, 0.15) is 39.5 Å². The molecule has 0 radical (unpaired) electrons. The SMILES string of the molecule is CC(C)NCC1CCC(C(N)O)CC1. The first-order valence-electron chi connectivity index (χ1n) is 5.76. The van der Waals surface area contributed by atoms with E-state index < -0.39 is 6.23 Å². The van der Waals surface area contributed by atoms with Gasteiger partial charge in [0, 0.05) is 6.04 Å². The Kier molecular flexibility index (Phi) is 4.85. The Hall–Kier alpha value is -0.120. The Labute approximate surface area is 87.1 Å². The minimum atomic E-state index is -0.603. The van der Waals surface area contributed by atoms with Crippen molar-refractivity contribution in [1.82, 2.24) is 5.32 Å². The van der Waals surface area contributed by atoms with Gasteiger partial charge in [-0.15, -0.1) is 0 Å². The zero-order chi connectivity index (χ0) is 10.6. The second-order valence-corrected chi connectivity index (χ2v) is 4.83. The molecule has 1 aliphatic carbocycles. The molecule has 4 N–H and O–H groups in total. The molecule has 0 heterocycles. The molecule has 3 heteroatoms. The van der Waals surface area contributed by atoms with Crippen LogP contribution < -0.4 is 11.1 Å². The van der Waals surface area contributed by atoms with Crippen LogP contribution in [-0.4, -0.2) is 23.9 Å². The molecule has 0 spiro atoms. The molecule has 1 saturated carbocycles. The maximum Gasteiger partial charge on any atom is 0.105 e. The summed E-state index contributed by atoms with van der Waals surface area (Å²) in [6, 6.07) is 0.577. The average Bonchev–Trinajstić information content (AvgIpc) is 2.15. The third kappa shape index (κ3) is 3.95. The predicted molar refractivity (Wildman–Crippen MR) is 58.8 cm³/mol. The Bertz CT molecular complexity index is 151. The van der Waals surface area contributed by atoms with E-state index in [1.165, 1.54) is 12.8 Å². The number of aliphatic hydroxyl groups excluding tert-OH is 1. The van der Waals surface area contributed by atoms with E-state index in [9.17, 15) is 5.11 Å². The zero-order valence-electron chi connectivity index (χ0n) is 9.37. The number of nitrogens with two attached hydrogens (primary N) is 1. The molecule has 84 valence electrons. The molecule has 1 atom stereocenters. The Balaban J connectivity index is 2.16. The highest BCUT2D eigenvalue weighted by Gasteiger charge is 2.24. The van der Waals surface area contributed by atoms with Crippen molar-refractivity contribution in [3.05, 3.63) is 0 Å². The van der Waals surface area contributed by atoms with Crippen LogP contribution in [0.4, 0.5) is 0 Å². The highest BCUT2D eigenvalue weighted by molar-refractivity contribution is 4.76. The van der Waals surface area contributed by atoms with E-state index in [2.05, 4.69) is 19.2 Å². The topological polar surface area (TPSA) is 58.3 Å². The highest BCUT2D eigenvalue weighted by Crippen LogP contribution is 2.29. The van der Waals surface area contributed by atoms with Crippen LogP contribution >= 0.6 is 0 Å². The number of hydrogen-bond donors (Lipinski definition) is 3. The first kappa shape index (κ1) is 12.0. The number of aliphatic hydroxyl groups is 1. The highest BCUT2D eigenvalue weighted by atomic mass is 16.3. The lowest BCUT2D eigenvalue weighted by molar-refractivity contribution is 0.0786. The fraction of sp³-hybridized carbons (Fsp3) is 1.00. The Morgan fingerprint density at radius 2 is 1.86 bits per heavy atom. The van der Waals surface area contributed by atoms with E-state index in [1.807, 2.05) is 0 Å². The van der Waals surface area contributed by atoms with Crippen LogP contribution in [0, 0.1) is 11.8 Å². The van der Waals surface area contributed by atoms with Crippen molar-refractivity contribution in [3.63, 3.8) is 0 Å². The van der Waals surface area contributed by atoms with Gasteiger partial charge in [0.05, 0.1) is 0 Å². The molecule has 0 aromatic heterocycles. The van der Waals surface area contributed by atoms with Crippen molar-refractivity contribution in [2.45, 2.75) is 51.8 Å². The van der Waals surface area contributed by atoms with Gasteiger partial charge in [0.15, 0.2) is 0 Å². The van der Waals surface area contributed by atoms with Crippen molar-refractivity contribution in [3.8, 4) is 0 Å². The molecular weight excluding hydrogens is 176 g/mol. The molecule has 0 aromatic carbocycles. The first-order chi connectivity index (χ1) is 6.59. The van der Waals surface area contributed by atoms with Gasteiger partial charge < -0.3 is 16.2 Å². The van der Waals surface area contributed by atoms with Crippen molar-refractivity contribution in [1.29, 1.82) is 0 Å². The van der Waals surface area contributed by atoms with Crippen LogP contribution in [0.5, 0.6) is 0 Å². The van der Waals surface area contributed by atoms with Gasteiger partial charge in [0.2, 0.25) is 0 Å². The Morgan fingerprint density at radius 3 is 2.29 bits per heavy atom. The summed E-state index contributed by atoms with van der Waals surface area (Å²) in [6.45, 7) is 5.47. The summed E-state index contributed by atoms with van der Waals surface area (Å²) < 4.78 is 0. The van der Waals surface area contributed by atoms with Crippen molar-refractivity contribution in [2.24, 2.45) is 17.6 Å². The van der Waals surface area contributed by atoms with Gasteiger partial charge in [-0.2, -0.15) is 0 Å². The van der Waals surface area contributed by atoms with E-state index in [1.54, 1.807) is 0 Å². The molecule has 0 amide bonds. The third-order valence-electron chi connectivity index (χ3n) is 3.19. The molecule has 0 aromatic rings. The third-order valence-corrected chi connectivity index (χ3v) is 3.19. The van der Waals surface area contributed by atoms with Crippen molar-refractivity contribution in [2.75, 3.05) is 6.54 Å². The minimum absolute atomic E-state index is 0.338. The summed E-state index contributed by atoms with van der Waals surface area (Å²) in [4.78, 5) is 0. The van der Waals surface area contributed by atoms with E-state index >= 15 is 0 Å². The lowest BCUT2D eigenvalue weighted by Gasteiger charge is -2.30. The normalized spacial score (nSPS) is 30.6. The summed E-state index contributed by atoms with van der Waals surface area (Å²) in [5.74, 6) is 1.12. The summed E-state index contributed by atoms with van der Waals surface area (Å²) in [7, 11) is 0. The molecule has 1 fully saturated rings. The predicted octanol–water partition coefficient (Wildman–Crippen LogP) is 1.07. The van der Waals surface area contributed by atoms with E-state index in [0.717, 1.165) is 25.3 Å². The number of nitrogens with one attached hydrogen (secondary N) is 1. The van der Waals surface area contributed by atoms with Gasteiger partial charge in [-0.05, 0) is 44.1 Å². The number of rotatable bonds is 4. The fourth-order valence-corrected chi connectivity index (χ4v) is 2.14. The molecule has 1 unspecified atom stereocenters. The van der Waals surface area contributed by atoms with Gasteiger partial charge in [0.25, 0.3) is 0 Å². The Morgan fingerprint density at radius 1 is 1.29 bits per heavy atom. The largest absolute Gasteiger partial charge is 0.379 e. The number of hydrogen-bond acceptors (Lipinski definition) is 3. The molecule has 3 nitrogen and oxygen atoms in total. The van der Waals surface area contributed by atoms with Crippen molar-refractivity contribution < 1.29 is 5.11 Å². The quantitative estimate of drug-likeness (QED) is 0.595. The summed E-state index contributed by atoms with van der Waals surface area (Å²) in [6.07, 6.45) is 3.98. The lowest BCUT2D eigenvalue weighted by atomic mass is 9.81. The van der Waals surface area contributed by atoms with Gasteiger partial charge in [0.1, 0.15) is 6.23 Å². The second-order valence-electron chi connectivity index (χ2n) is 4.83. The molecule has 0 saturated heterocycles. The van der Waals surface area contributed by atoms with Crippen LogP contribution in [0.25, 0.3) is 0 Å². The second kappa shape index (κ2) is 5.69. The minimum Gasteiger partial charge on any atom is -0.379 e. The summed E-state index contributed by atoms with van der Waals surface area (Å²) >= 11 is 0. The van der Waals surface area contributed by atoms with Gasteiger partial charge in [-0.1, -0.05) is 13.8 Å². The molecule has 0 bridgehead atoms.